The first-order chi connectivity index (χ1) is 10.1. The molecule has 0 fully saturated rings. The SMILES string of the molecule is O=c1ccnc2sc(NCC(O)c3ccccc3Cl)nn12. The van der Waals surface area contributed by atoms with Gasteiger partial charge in [0, 0.05) is 29.4 Å². The monoisotopic (exact) mass is 322 g/mol. The number of hydrogen-bond donors (Lipinski definition) is 2. The van der Waals surface area contributed by atoms with Gasteiger partial charge in [0.05, 0.1) is 6.10 Å². The minimum Gasteiger partial charge on any atom is -0.387 e. The van der Waals surface area contributed by atoms with Crippen LogP contribution in [0.4, 0.5) is 5.13 Å². The van der Waals surface area contributed by atoms with Crippen LogP contribution in [0.5, 0.6) is 0 Å². The Balaban J connectivity index is 1.76. The molecule has 3 rings (SSSR count). The molecule has 2 heterocycles. The molecule has 0 saturated carbocycles. The van der Waals surface area contributed by atoms with Gasteiger partial charge in [0.15, 0.2) is 0 Å². The third-order valence-electron chi connectivity index (χ3n) is 2.88. The number of nitrogens with zero attached hydrogens (tertiary/aromatic N) is 3. The molecular formula is C13H11ClN4O2S. The minimum atomic E-state index is -0.768. The van der Waals surface area contributed by atoms with E-state index in [1.165, 1.54) is 28.1 Å². The van der Waals surface area contributed by atoms with Crippen molar-refractivity contribution in [2.75, 3.05) is 11.9 Å². The number of aliphatic hydroxyl groups is 1. The topological polar surface area (TPSA) is 79.5 Å². The fraction of sp³-hybridized carbons (Fsp3) is 0.154. The van der Waals surface area contributed by atoms with Crippen molar-refractivity contribution in [2.24, 2.45) is 0 Å². The van der Waals surface area contributed by atoms with Crippen molar-refractivity contribution >= 4 is 33.0 Å². The zero-order valence-electron chi connectivity index (χ0n) is 10.7. The second-order valence-electron chi connectivity index (χ2n) is 4.30. The first-order valence-corrected chi connectivity index (χ1v) is 7.36. The van der Waals surface area contributed by atoms with E-state index < -0.39 is 6.10 Å². The molecule has 0 bridgehead atoms. The number of hydrogen-bond acceptors (Lipinski definition) is 6. The van der Waals surface area contributed by atoms with Crippen LogP contribution in [0.15, 0.2) is 41.3 Å². The van der Waals surface area contributed by atoms with Crippen molar-refractivity contribution in [3.8, 4) is 0 Å². The predicted octanol–water partition coefficient (Wildman–Crippen LogP) is 1.95. The summed E-state index contributed by atoms with van der Waals surface area (Å²) in [5.74, 6) is 0. The molecule has 2 aromatic heterocycles. The number of halogens is 1. The fourth-order valence-electron chi connectivity index (χ4n) is 1.85. The summed E-state index contributed by atoms with van der Waals surface area (Å²) in [6.07, 6.45) is 0.675. The molecule has 0 aliphatic rings. The van der Waals surface area contributed by atoms with Gasteiger partial charge < -0.3 is 10.4 Å². The van der Waals surface area contributed by atoms with Gasteiger partial charge in [-0.05, 0) is 6.07 Å². The van der Waals surface area contributed by atoms with Gasteiger partial charge in [-0.3, -0.25) is 4.79 Å². The Morgan fingerprint density at radius 1 is 1.38 bits per heavy atom. The Bertz CT molecular complexity index is 832. The molecule has 8 heteroatoms. The van der Waals surface area contributed by atoms with E-state index >= 15 is 0 Å². The number of aromatic nitrogens is 3. The molecule has 1 unspecified atom stereocenters. The Hall–Kier alpha value is -1.96. The highest BCUT2D eigenvalue weighted by molar-refractivity contribution is 7.20. The van der Waals surface area contributed by atoms with Crippen LogP contribution in [0.1, 0.15) is 11.7 Å². The first-order valence-electron chi connectivity index (χ1n) is 6.16. The third kappa shape index (κ3) is 2.90. The van der Waals surface area contributed by atoms with Gasteiger partial charge in [-0.25, -0.2) is 4.98 Å². The molecule has 0 aliphatic carbocycles. The maximum Gasteiger partial charge on any atom is 0.275 e. The Morgan fingerprint density at radius 2 is 2.19 bits per heavy atom. The molecule has 2 N–H and O–H groups in total. The van der Waals surface area contributed by atoms with Crippen molar-refractivity contribution in [2.45, 2.75) is 6.10 Å². The van der Waals surface area contributed by atoms with Crippen LogP contribution in [-0.2, 0) is 0 Å². The van der Waals surface area contributed by atoms with Crippen LogP contribution < -0.4 is 10.9 Å². The standard InChI is InChI=1S/C13H11ClN4O2S/c14-9-4-2-1-3-8(9)10(19)7-16-12-17-18-11(20)5-6-15-13(18)21-12/h1-6,10,19H,7H2,(H,16,17). The van der Waals surface area contributed by atoms with Crippen molar-refractivity contribution in [3.63, 3.8) is 0 Å². The molecule has 0 amide bonds. The number of anilines is 1. The molecule has 0 spiro atoms. The van der Waals surface area contributed by atoms with Gasteiger partial charge in [-0.1, -0.05) is 41.1 Å². The van der Waals surface area contributed by atoms with Crippen molar-refractivity contribution < 1.29 is 5.11 Å². The van der Waals surface area contributed by atoms with Gasteiger partial charge in [0.1, 0.15) is 0 Å². The average Bonchev–Trinajstić information content (AvgIpc) is 2.90. The maximum absolute atomic E-state index is 11.6. The smallest absolute Gasteiger partial charge is 0.275 e. The summed E-state index contributed by atoms with van der Waals surface area (Å²) in [4.78, 5) is 16.1. The first kappa shape index (κ1) is 14.0. The van der Waals surface area contributed by atoms with E-state index in [0.717, 1.165) is 0 Å². The maximum atomic E-state index is 11.6. The zero-order chi connectivity index (χ0) is 14.8. The number of benzene rings is 1. The summed E-state index contributed by atoms with van der Waals surface area (Å²) in [7, 11) is 0. The second kappa shape index (κ2) is 5.80. The summed E-state index contributed by atoms with van der Waals surface area (Å²) in [5.41, 5.74) is 0.402. The summed E-state index contributed by atoms with van der Waals surface area (Å²) in [6.45, 7) is 0.234. The normalized spacial score (nSPS) is 12.5. The predicted molar refractivity (Wildman–Crippen MR) is 82.0 cm³/mol. The Morgan fingerprint density at radius 3 is 2.95 bits per heavy atom. The summed E-state index contributed by atoms with van der Waals surface area (Å²) in [6, 6.07) is 8.44. The highest BCUT2D eigenvalue weighted by Crippen LogP contribution is 2.23. The third-order valence-corrected chi connectivity index (χ3v) is 4.11. The number of aliphatic hydroxyl groups excluding tert-OH is 1. The highest BCUT2D eigenvalue weighted by Gasteiger charge is 2.12. The fourth-order valence-corrected chi connectivity index (χ4v) is 2.90. The lowest BCUT2D eigenvalue weighted by Gasteiger charge is -2.12. The molecule has 0 aliphatic heterocycles. The van der Waals surface area contributed by atoms with Crippen LogP contribution in [0.3, 0.4) is 0 Å². The van der Waals surface area contributed by atoms with Gasteiger partial charge in [-0.2, -0.15) is 4.52 Å². The molecule has 21 heavy (non-hydrogen) atoms. The Kier molecular flexibility index (Phi) is 3.87. The molecule has 1 atom stereocenters. The number of nitrogens with one attached hydrogen (secondary N) is 1. The van der Waals surface area contributed by atoms with Crippen LogP contribution >= 0.6 is 22.9 Å². The van der Waals surface area contributed by atoms with Gasteiger partial charge in [0.2, 0.25) is 10.1 Å². The highest BCUT2D eigenvalue weighted by atomic mass is 35.5. The quantitative estimate of drug-likeness (QED) is 0.767. The number of rotatable bonds is 4. The van der Waals surface area contributed by atoms with E-state index in [1.807, 2.05) is 6.07 Å². The summed E-state index contributed by atoms with van der Waals surface area (Å²) < 4.78 is 1.22. The number of fused-ring (bicyclic) bond motifs is 1. The van der Waals surface area contributed by atoms with E-state index in [1.54, 1.807) is 18.2 Å². The van der Waals surface area contributed by atoms with E-state index in [2.05, 4.69) is 15.4 Å². The molecule has 3 aromatic rings. The van der Waals surface area contributed by atoms with Crippen LogP contribution in [-0.4, -0.2) is 26.2 Å². The molecule has 1 aromatic carbocycles. The van der Waals surface area contributed by atoms with E-state index in [-0.39, 0.29) is 12.1 Å². The lowest BCUT2D eigenvalue weighted by Crippen LogP contribution is -2.15. The van der Waals surface area contributed by atoms with E-state index in [9.17, 15) is 9.90 Å². The summed E-state index contributed by atoms with van der Waals surface area (Å²) >= 11 is 7.27. The van der Waals surface area contributed by atoms with Crippen molar-refractivity contribution in [1.82, 2.24) is 14.6 Å². The van der Waals surface area contributed by atoms with Crippen LogP contribution in [0.2, 0.25) is 5.02 Å². The Labute approximate surface area is 128 Å². The molecule has 0 saturated heterocycles. The van der Waals surface area contributed by atoms with Crippen molar-refractivity contribution in [1.29, 1.82) is 0 Å². The second-order valence-corrected chi connectivity index (χ2v) is 5.67. The molecular weight excluding hydrogens is 312 g/mol. The van der Waals surface area contributed by atoms with Gasteiger partial charge in [-0.15, -0.1) is 5.10 Å². The molecule has 108 valence electrons. The van der Waals surface area contributed by atoms with Gasteiger partial charge >= 0.3 is 0 Å². The van der Waals surface area contributed by atoms with Crippen molar-refractivity contribution in [3.05, 3.63) is 57.5 Å². The average molecular weight is 323 g/mol. The molecule has 6 nitrogen and oxygen atoms in total. The lowest BCUT2D eigenvalue weighted by molar-refractivity contribution is 0.191. The largest absolute Gasteiger partial charge is 0.387 e. The zero-order valence-corrected chi connectivity index (χ0v) is 12.3. The van der Waals surface area contributed by atoms with Crippen LogP contribution in [0.25, 0.3) is 4.96 Å². The van der Waals surface area contributed by atoms with E-state index in [0.29, 0.717) is 20.7 Å². The minimum absolute atomic E-state index is 0.234. The van der Waals surface area contributed by atoms with Gasteiger partial charge in [0.25, 0.3) is 5.56 Å². The van der Waals surface area contributed by atoms with Crippen LogP contribution in [0, 0.1) is 0 Å². The van der Waals surface area contributed by atoms with E-state index in [4.69, 9.17) is 11.6 Å². The molecule has 0 radical (unpaired) electrons. The lowest BCUT2D eigenvalue weighted by atomic mass is 10.1. The summed E-state index contributed by atoms with van der Waals surface area (Å²) in [5, 5.41) is 18.2.